The van der Waals surface area contributed by atoms with E-state index < -0.39 is 21.5 Å². The van der Waals surface area contributed by atoms with Crippen LogP contribution in [0.4, 0.5) is 0 Å². The van der Waals surface area contributed by atoms with Crippen LogP contribution in [0.1, 0.15) is 39.3 Å². The maximum absolute atomic E-state index is 8.44. The van der Waals surface area contributed by atoms with Gasteiger partial charge in [0.2, 0.25) is 0 Å². The van der Waals surface area contributed by atoms with Crippen molar-refractivity contribution in [1.82, 2.24) is 0 Å². The van der Waals surface area contributed by atoms with Crippen molar-refractivity contribution < 1.29 is 15.6 Å². The van der Waals surface area contributed by atoms with E-state index in [4.69, 9.17) is 17.0 Å². The molecule has 2 aliphatic carbocycles. The second-order valence-corrected chi connectivity index (χ2v) is 57.3. The summed E-state index contributed by atoms with van der Waals surface area (Å²) < 4.78 is 2.35. The Morgan fingerprint density at radius 2 is 1.08 bits per heavy atom. The molecule has 0 saturated carbocycles. The standard InChI is InChI=1S/2C13H8BrS.C2H7Si.2ClH.Zr/c2*14-13-6-5-12(15-13)11-7-9-3-1-2-4-10(9)8-11;1-3-2;;;/h2*1-8H;3H,1-2H3;2*1H;/q;;;;;+2/p-2. The van der Waals surface area contributed by atoms with E-state index in [0.717, 1.165) is 7.57 Å². The summed E-state index contributed by atoms with van der Waals surface area (Å²) in [4.78, 5) is 2.52. The van der Waals surface area contributed by atoms with Crippen molar-refractivity contribution >= 4 is 101 Å². The van der Waals surface area contributed by atoms with Crippen LogP contribution in [0.25, 0.3) is 23.3 Å². The fraction of sp³-hybridized carbons (Fsp3) is 0.143. The number of hydrogen-bond acceptors (Lipinski definition) is 2. The van der Waals surface area contributed by atoms with E-state index in [0.29, 0.717) is 0 Å². The number of hydrogen-bond donors (Lipinski definition) is 0. The molecule has 2 heterocycles. The molecule has 0 aliphatic heterocycles. The maximum atomic E-state index is 8.44. The molecule has 0 fully saturated rings. The summed E-state index contributed by atoms with van der Waals surface area (Å²) in [6, 6.07) is 26.2. The Bertz CT molecular complexity index is 1460. The average Bonchev–Trinajstić information content (AvgIpc) is 3.62. The predicted octanol–water partition coefficient (Wildman–Crippen LogP) is 11.2. The summed E-state index contributed by atoms with van der Waals surface area (Å²) in [6.45, 7) is 4.80. The molecule has 8 heteroatoms. The van der Waals surface area contributed by atoms with Gasteiger partial charge in [0.05, 0.1) is 0 Å². The number of rotatable bonds is 5. The van der Waals surface area contributed by atoms with Crippen LogP contribution in [0.3, 0.4) is 0 Å². The quantitative estimate of drug-likeness (QED) is 0.177. The van der Waals surface area contributed by atoms with Crippen LogP contribution >= 0.6 is 71.6 Å². The number of halogens is 4. The van der Waals surface area contributed by atoms with Crippen LogP contribution in [0.2, 0.25) is 13.1 Å². The van der Waals surface area contributed by atoms with Gasteiger partial charge in [0.15, 0.2) is 0 Å². The van der Waals surface area contributed by atoms with Gasteiger partial charge in [0.25, 0.3) is 0 Å². The number of thiophene rings is 2. The number of benzene rings is 2. The van der Waals surface area contributed by atoms with E-state index in [1.165, 1.54) is 43.2 Å². The first-order valence-electron chi connectivity index (χ1n) is 11.9. The third-order valence-electron chi connectivity index (χ3n) is 7.78. The van der Waals surface area contributed by atoms with Gasteiger partial charge in [-0.3, -0.25) is 0 Å². The number of fused-ring (bicyclic) bond motifs is 2. The van der Waals surface area contributed by atoms with Crippen molar-refractivity contribution in [2.24, 2.45) is 0 Å². The Hall–Kier alpha value is -0.0400. The van der Waals surface area contributed by atoms with Crippen LogP contribution in [-0.4, -0.2) is 5.92 Å². The van der Waals surface area contributed by atoms with Gasteiger partial charge in [-0.05, 0) is 0 Å². The summed E-state index contributed by atoms with van der Waals surface area (Å²) in [7, 11) is 16.9. The molecule has 0 N–H and O–H groups in total. The summed E-state index contributed by atoms with van der Waals surface area (Å²) in [5.41, 5.74) is 7.75. The van der Waals surface area contributed by atoms with Crippen molar-refractivity contribution in [3.63, 3.8) is 0 Å². The first-order valence-corrected chi connectivity index (χ1v) is 31.4. The Balaban J connectivity index is 1.65. The fourth-order valence-electron chi connectivity index (χ4n) is 6.03. The van der Waals surface area contributed by atoms with Crippen molar-refractivity contribution in [1.29, 1.82) is 0 Å². The summed E-state index contributed by atoms with van der Waals surface area (Å²) in [6.07, 6.45) is 4.72. The van der Waals surface area contributed by atoms with Crippen LogP contribution in [-0.2, 0) is 15.6 Å². The Morgan fingerprint density at radius 1 is 0.667 bits per heavy atom. The van der Waals surface area contributed by atoms with Gasteiger partial charge >= 0.3 is 249 Å². The Morgan fingerprint density at radius 3 is 1.44 bits per heavy atom. The van der Waals surface area contributed by atoms with Crippen molar-refractivity contribution in [2.45, 2.75) is 20.3 Å². The minimum absolute atomic E-state index is 0.0474. The van der Waals surface area contributed by atoms with Gasteiger partial charge in [0, 0.05) is 0 Å². The molecule has 2 atom stereocenters. The fourth-order valence-corrected chi connectivity index (χ4v) is 39.5. The van der Waals surface area contributed by atoms with Crippen LogP contribution < -0.4 is 0 Å². The molecule has 2 aromatic carbocycles. The zero-order chi connectivity index (χ0) is 25.3. The Labute approximate surface area is 246 Å². The second kappa shape index (κ2) is 9.55. The summed E-state index contributed by atoms with van der Waals surface area (Å²) >= 11 is 6.17. The molecule has 4 aromatic rings. The monoisotopic (exact) mass is 769 g/mol. The van der Waals surface area contributed by atoms with Gasteiger partial charge in [-0.15, -0.1) is 0 Å². The third kappa shape index (κ3) is 4.01. The third-order valence-corrected chi connectivity index (χ3v) is 62.7. The van der Waals surface area contributed by atoms with E-state index in [1.807, 2.05) is 0 Å². The SMILES string of the molecule is C[SiH](C)[Zr]([Cl])([Cl])([CH]1C(c2ccc(Br)s2)=Cc2ccccc21)[CH]1C(c2ccc(Br)s2)=Cc2ccccc21. The minimum atomic E-state index is -4.78. The van der Waals surface area contributed by atoms with Gasteiger partial charge in [-0.25, -0.2) is 0 Å². The molecule has 0 radical (unpaired) electrons. The topological polar surface area (TPSA) is 0 Å². The van der Waals surface area contributed by atoms with Gasteiger partial charge in [-0.2, -0.15) is 0 Å². The molecule has 0 spiro atoms. The first kappa shape index (κ1) is 26.2. The molecule has 0 bridgehead atoms. The van der Waals surface area contributed by atoms with Crippen LogP contribution in [0, 0.1) is 0 Å². The van der Waals surface area contributed by atoms with E-state index in [1.54, 1.807) is 22.7 Å². The average molecular weight is 774 g/mol. The normalized spacial score (nSPS) is 20.0. The zero-order valence-corrected chi connectivity index (χ0v) is 29.6. The van der Waals surface area contributed by atoms with E-state index >= 15 is 0 Å². The van der Waals surface area contributed by atoms with Crippen LogP contribution in [0.5, 0.6) is 0 Å². The zero-order valence-electron chi connectivity index (χ0n) is 19.6. The molecule has 0 amide bonds. The molecule has 36 heavy (non-hydrogen) atoms. The van der Waals surface area contributed by atoms with Crippen LogP contribution in [0.15, 0.2) is 80.4 Å². The van der Waals surface area contributed by atoms with Crippen molar-refractivity contribution in [2.75, 3.05) is 0 Å². The Kier molecular flexibility index (Phi) is 6.95. The van der Waals surface area contributed by atoms with Gasteiger partial charge in [0.1, 0.15) is 0 Å². The molecule has 0 nitrogen and oxygen atoms in total. The van der Waals surface area contributed by atoms with Gasteiger partial charge < -0.3 is 0 Å². The molecule has 2 unspecified atom stereocenters. The van der Waals surface area contributed by atoms with Crippen molar-refractivity contribution in [3.05, 3.63) is 112 Å². The molecule has 2 aromatic heterocycles. The summed E-state index contributed by atoms with van der Waals surface area (Å²) in [5, 5.41) is 0. The molecule has 2 aliphatic rings. The van der Waals surface area contributed by atoms with Crippen molar-refractivity contribution in [3.8, 4) is 0 Å². The second-order valence-electron chi connectivity index (χ2n) is 9.91. The first-order chi connectivity index (χ1) is 17.2. The molecular formula is C28H23Br2Cl2S2SiZr. The molecule has 0 saturated heterocycles. The van der Waals surface area contributed by atoms with E-state index in [-0.39, 0.29) is 7.25 Å². The van der Waals surface area contributed by atoms with E-state index in [9.17, 15) is 0 Å². The molecule has 183 valence electrons. The number of allylic oxidation sites excluding steroid dienone is 2. The molecule has 6 rings (SSSR count). The summed E-state index contributed by atoms with van der Waals surface area (Å²) in [5.74, 6) is -1.61. The van der Waals surface area contributed by atoms with E-state index in [2.05, 4.69) is 130 Å². The molecular weight excluding hydrogens is 750 g/mol. The predicted molar refractivity (Wildman–Crippen MR) is 169 cm³/mol. The van der Waals surface area contributed by atoms with Gasteiger partial charge in [-0.1, -0.05) is 0 Å².